The molecular formula is C12H17ClN2O5S. The maximum Gasteiger partial charge on any atom is 0.270 e. The topological polar surface area (TPSA) is 89.8 Å². The number of nitrogens with zero attached hydrogens (tertiary/aromatic N) is 2. The number of halogens is 1. The van der Waals surface area contributed by atoms with Crippen molar-refractivity contribution in [1.82, 2.24) is 4.31 Å². The van der Waals surface area contributed by atoms with E-state index in [0.29, 0.717) is 0 Å². The summed E-state index contributed by atoms with van der Waals surface area (Å²) in [5, 5.41) is 10.7. The Balaban J connectivity index is 3.01. The number of sulfonamides is 1. The molecule has 0 atom stereocenters. The maximum atomic E-state index is 12.4. The monoisotopic (exact) mass is 336 g/mol. The predicted octanol–water partition coefficient (Wildman–Crippen LogP) is 2.29. The molecule has 118 valence electrons. The van der Waals surface area contributed by atoms with Crippen molar-refractivity contribution in [3.05, 3.63) is 33.3 Å². The van der Waals surface area contributed by atoms with Crippen molar-refractivity contribution in [2.75, 3.05) is 20.2 Å². The molecule has 0 aromatic heterocycles. The Kier molecular flexibility index (Phi) is 6.09. The summed E-state index contributed by atoms with van der Waals surface area (Å²) in [7, 11) is -2.54. The van der Waals surface area contributed by atoms with Gasteiger partial charge in [-0.2, -0.15) is 4.31 Å². The highest BCUT2D eigenvalue weighted by atomic mass is 35.5. The van der Waals surface area contributed by atoms with Crippen LogP contribution >= 0.6 is 11.6 Å². The number of likely N-dealkylation sites (N-methyl/N-ethyl adjacent to an activating group) is 1. The first-order chi connectivity index (χ1) is 9.66. The van der Waals surface area contributed by atoms with Gasteiger partial charge in [0.2, 0.25) is 10.0 Å². The van der Waals surface area contributed by atoms with E-state index in [-0.39, 0.29) is 34.9 Å². The first-order valence-corrected chi connectivity index (χ1v) is 8.00. The third-order valence-corrected chi connectivity index (χ3v) is 5.01. The second kappa shape index (κ2) is 7.17. The van der Waals surface area contributed by atoms with E-state index in [2.05, 4.69) is 0 Å². The van der Waals surface area contributed by atoms with E-state index >= 15 is 0 Å². The van der Waals surface area contributed by atoms with Gasteiger partial charge in [-0.1, -0.05) is 11.6 Å². The van der Waals surface area contributed by atoms with Crippen LogP contribution in [0.15, 0.2) is 23.1 Å². The van der Waals surface area contributed by atoms with Crippen molar-refractivity contribution in [3.63, 3.8) is 0 Å². The van der Waals surface area contributed by atoms with Crippen molar-refractivity contribution in [1.29, 1.82) is 0 Å². The van der Waals surface area contributed by atoms with Crippen LogP contribution < -0.4 is 0 Å². The van der Waals surface area contributed by atoms with Gasteiger partial charge >= 0.3 is 0 Å². The molecule has 0 spiro atoms. The van der Waals surface area contributed by atoms with Crippen LogP contribution in [0.25, 0.3) is 0 Å². The van der Waals surface area contributed by atoms with E-state index in [9.17, 15) is 18.5 Å². The summed E-state index contributed by atoms with van der Waals surface area (Å²) >= 11 is 5.85. The Labute approximate surface area is 128 Å². The van der Waals surface area contributed by atoms with Crippen LogP contribution in [-0.2, 0) is 14.8 Å². The molecule has 1 aromatic rings. The van der Waals surface area contributed by atoms with Gasteiger partial charge in [0.05, 0.1) is 22.7 Å². The normalized spacial score (nSPS) is 12.1. The molecule has 0 N–H and O–H groups in total. The highest BCUT2D eigenvalue weighted by Gasteiger charge is 2.25. The van der Waals surface area contributed by atoms with E-state index in [0.717, 1.165) is 16.4 Å². The zero-order chi connectivity index (χ0) is 16.2. The van der Waals surface area contributed by atoms with Gasteiger partial charge in [-0.15, -0.1) is 0 Å². The van der Waals surface area contributed by atoms with E-state index in [1.807, 2.05) is 13.8 Å². The number of rotatable bonds is 7. The summed E-state index contributed by atoms with van der Waals surface area (Å²) in [5.41, 5.74) is -0.329. The highest BCUT2D eigenvalue weighted by Crippen LogP contribution is 2.28. The number of nitro benzene ring substituents is 1. The Morgan fingerprint density at radius 3 is 2.57 bits per heavy atom. The first-order valence-electron chi connectivity index (χ1n) is 6.18. The summed E-state index contributed by atoms with van der Waals surface area (Å²) in [6, 6.07) is 3.31. The number of hydrogen-bond acceptors (Lipinski definition) is 5. The average Bonchev–Trinajstić information content (AvgIpc) is 2.37. The molecule has 9 heteroatoms. The third kappa shape index (κ3) is 4.63. The fraction of sp³-hybridized carbons (Fsp3) is 0.500. The van der Waals surface area contributed by atoms with Gasteiger partial charge in [0.1, 0.15) is 4.90 Å². The first kappa shape index (κ1) is 17.8. The smallest absolute Gasteiger partial charge is 0.270 e. The van der Waals surface area contributed by atoms with Gasteiger partial charge in [0, 0.05) is 25.7 Å². The van der Waals surface area contributed by atoms with Gasteiger partial charge in [0.25, 0.3) is 5.69 Å². The minimum atomic E-state index is -3.91. The molecule has 0 saturated carbocycles. The van der Waals surface area contributed by atoms with Crippen LogP contribution in [-0.4, -0.2) is 43.9 Å². The molecule has 0 heterocycles. The number of nitro groups is 1. The van der Waals surface area contributed by atoms with Crippen molar-refractivity contribution >= 4 is 27.3 Å². The molecule has 0 aliphatic carbocycles. The van der Waals surface area contributed by atoms with Crippen molar-refractivity contribution in [2.24, 2.45) is 0 Å². The van der Waals surface area contributed by atoms with Crippen LogP contribution in [0, 0.1) is 10.1 Å². The van der Waals surface area contributed by atoms with E-state index < -0.39 is 14.9 Å². The largest absolute Gasteiger partial charge is 0.377 e. The Morgan fingerprint density at radius 1 is 1.43 bits per heavy atom. The van der Waals surface area contributed by atoms with Crippen LogP contribution in [0.1, 0.15) is 13.8 Å². The Bertz CT molecular complexity index is 618. The number of non-ortho nitro benzene ring substituents is 1. The molecule has 0 unspecified atom stereocenters. The maximum absolute atomic E-state index is 12.4. The molecular weight excluding hydrogens is 320 g/mol. The second-order valence-electron chi connectivity index (χ2n) is 4.62. The molecule has 0 aliphatic heterocycles. The predicted molar refractivity (Wildman–Crippen MR) is 79.0 cm³/mol. The van der Waals surface area contributed by atoms with Gasteiger partial charge in [-0.3, -0.25) is 10.1 Å². The van der Waals surface area contributed by atoms with Crippen LogP contribution in [0.2, 0.25) is 5.02 Å². The Morgan fingerprint density at radius 2 is 2.05 bits per heavy atom. The minimum absolute atomic E-state index is 0.0116. The van der Waals surface area contributed by atoms with Gasteiger partial charge in [-0.05, 0) is 19.9 Å². The Hall–Kier alpha value is -1.22. The summed E-state index contributed by atoms with van der Waals surface area (Å²) in [5.74, 6) is 0. The van der Waals surface area contributed by atoms with Crippen LogP contribution in [0.3, 0.4) is 0 Å². The highest BCUT2D eigenvalue weighted by molar-refractivity contribution is 7.89. The molecule has 0 bridgehead atoms. The lowest BCUT2D eigenvalue weighted by Gasteiger charge is -2.18. The van der Waals surface area contributed by atoms with Crippen molar-refractivity contribution in [3.8, 4) is 0 Å². The molecule has 1 aromatic carbocycles. The lowest BCUT2D eigenvalue weighted by Crippen LogP contribution is -2.31. The van der Waals surface area contributed by atoms with E-state index in [1.165, 1.54) is 13.1 Å². The third-order valence-electron chi connectivity index (χ3n) is 2.67. The summed E-state index contributed by atoms with van der Waals surface area (Å²) < 4.78 is 31.1. The SMILES string of the molecule is CC(C)OCCN(C)S(=O)(=O)c1cc([N+](=O)[O-])ccc1Cl. The fourth-order valence-corrected chi connectivity index (χ4v) is 3.15. The molecule has 0 fully saturated rings. The summed E-state index contributed by atoms with van der Waals surface area (Å²) in [6.45, 7) is 4.03. The summed E-state index contributed by atoms with van der Waals surface area (Å²) in [4.78, 5) is 9.79. The molecule has 1 rings (SSSR count). The van der Waals surface area contributed by atoms with Crippen molar-refractivity contribution < 1.29 is 18.1 Å². The number of benzene rings is 1. The lowest BCUT2D eigenvalue weighted by molar-refractivity contribution is -0.385. The zero-order valence-electron chi connectivity index (χ0n) is 11.9. The van der Waals surface area contributed by atoms with E-state index in [4.69, 9.17) is 16.3 Å². The fourth-order valence-electron chi connectivity index (χ4n) is 1.51. The minimum Gasteiger partial charge on any atom is -0.377 e. The molecule has 0 saturated heterocycles. The van der Waals surface area contributed by atoms with Crippen LogP contribution in [0.5, 0.6) is 0 Å². The molecule has 21 heavy (non-hydrogen) atoms. The van der Waals surface area contributed by atoms with Gasteiger partial charge in [-0.25, -0.2) is 8.42 Å². The molecule has 0 aliphatic rings. The lowest BCUT2D eigenvalue weighted by atomic mass is 10.3. The standard InChI is InChI=1S/C12H17ClN2O5S/c1-9(2)20-7-6-14(3)21(18,19)12-8-10(15(16)17)4-5-11(12)13/h4-5,8-9H,6-7H2,1-3H3. The average molecular weight is 337 g/mol. The van der Waals surface area contributed by atoms with Gasteiger partial charge in [0.15, 0.2) is 0 Å². The van der Waals surface area contributed by atoms with Crippen molar-refractivity contribution in [2.45, 2.75) is 24.8 Å². The quantitative estimate of drug-likeness (QED) is 0.563. The molecule has 7 nitrogen and oxygen atoms in total. The number of hydrogen-bond donors (Lipinski definition) is 0. The number of ether oxygens (including phenoxy) is 1. The van der Waals surface area contributed by atoms with Crippen LogP contribution in [0.4, 0.5) is 5.69 Å². The second-order valence-corrected chi connectivity index (χ2v) is 7.04. The molecule has 0 radical (unpaired) electrons. The van der Waals surface area contributed by atoms with Gasteiger partial charge < -0.3 is 4.74 Å². The zero-order valence-corrected chi connectivity index (χ0v) is 13.5. The van der Waals surface area contributed by atoms with E-state index in [1.54, 1.807) is 0 Å². The molecule has 0 amide bonds. The summed E-state index contributed by atoms with van der Waals surface area (Å²) in [6.07, 6.45) is -0.0116.